The standard InChI is InChI=1S/C28H26N6O3/c1-3-27(35)32-26-9-8-24(17-30-26)37-25-14-20(18-34-28(25)21(15-29)16-31-34)19-4-6-22(7-5-19)36-23-10-12-33(2)13-11-23/h3-9,14,16-18,23H,1,10-13H2,2H3,(H,30,32,35). The molecule has 0 atom stereocenters. The maximum atomic E-state index is 11.5. The van der Waals surface area contributed by atoms with Gasteiger partial charge in [-0.25, -0.2) is 9.50 Å². The van der Waals surface area contributed by atoms with Crippen molar-refractivity contribution in [3.63, 3.8) is 0 Å². The number of likely N-dealkylation sites (tertiary alicyclic amines) is 1. The molecule has 1 amide bonds. The van der Waals surface area contributed by atoms with Gasteiger partial charge in [0.25, 0.3) is 0 Å². The molecule has 4 heterocycles. The van der Waals surface area contributed by atoms with Crippen molar-refractivity contribution in [3.8, 4) is 34.4 Å². The Kier molecular flexibility index (Phi) is 6.83. The maximum absolute atomic E-state index is 11.5. The van der Waals surface area contributed by atoms with Crippen molar-refractivity contribution in [3.05, 3.63) is 79.3 Å². The fraction of sp³-hybridized carbons (Fsp3) is 0.214. The van der Waals surface area contributed by atoms with Crippen LogP contribution in [0.1, 0.15) is 18.4 Å². The van der Waals surface area contributed by atoms with Gasteiger partial charge in [0.15, 0.2) is 5.75 Å². The van der Waals surface area contributed by atoms with Gasteiger partial charge in [-0.15, -0.1) is 0 Å². The number of hydrogen-bond donors (Lipinski definition) is 1. The number of fused-ring (bicyclic) bond motifs is 1. The van der Waals surface area contributed by atoms with Crippen molar-refractivity contribution in [1.82, 2.24) is 19.5 Å². The lowest BCUT2D eigenvalue weighted by Crippen LogP contribution is -2.35. The first-order valence-corrected chi connectivity index (χ1v) is 12.0. The Hall–Kier alpha value is -4.68. The van der Waals surface area contributed by atoms with Crippen LogP contribution in [0.3, 0.4) is 0 Å². The summed E-state index contributed by atoms with van der Waals surface area (Å²) in [6.07, 6.45) is 8.32. The highest BCUT2D eigenvalue weighted by Crippen LogP contribution is 2.34. The zero-order chi connectivity index (χ0) is 25.8. The number of carbonyl (C=O) groups is 1. The van der Waals surface area contributed by atoms with Crippen LogP contribution in [0.25, 0.3) is 16.6 Å². The van der Waals surface area contributed by atoms with Gasteiger partial charge >= 0.3 is 0 Å². The van der Waals surface area contributed by atoms with Crippen LogP contribution in [0.5, 0.6) is 17.2 Å². The topological polar surface area (TPSA) is 105 Å². The predicted octanol–water partition coefficient (Wildman–Crippen LogP) is 4.66. The molecule has 3 aromatic heterocycles. The van der Waals surface area contributed by atoms with Gasteiger partial charge in [0.1, 0.15) is 40.6 Å². The van der Waals surface area contributed by atoms with Crippen LogP contribution >= 0.6 is 0 Å². The molecule has 0 aliphatic carbocycles. The van der Waals surface area contributed by atoms with E-state index in [0.29, 0.717) is 28.4 Å². The number of carbonyl (C=O) groups excluding carboxylic acids is 1. The van der Waals surface area contributed by atoms with E-state index in [1.807, 2.05) is 36.5 Å². The SMILES string of the molecule is C=CC(=O)Nc1ccc(Oc2cc(-c3ccc(OC4CCN(C)CC4)cc3)cn3ncc(C#N)c23)cn1. The lowest BCUT2D eigenvalue weighted by Gasteiger charge is -2.29. The fourth-order valence-corrected chi connectivity index (χ4v) is 4.24. The van der Waals surface area contributed by atoms with Crippen molar-refractivity contribution >= 4 is 17.2 Å². The third-order valence-corrected chi connectivity index (χ3v) is 6.25. The molecule has 1 saturated heterocycles. The minimum Gasteiger partial charge on any atom is -0.490 e. The first-order valence-electron chi connectivity index (χ1n) is 12.0. The third-order valence-electron chi connectivity index (χ3n) is 6.25. The van der Waals surface area contributed by atoms with Gasteiger partial charge in [0.2, 0.25) is 5.91 Å². The average molecular weight is 495 g/mol. The summed E-state index contributed by atoms with van der Waals surface area (Å²) in [4.78, 5) is 18.0. The Labute approximate surface area is 214 Å². The molecular formula is C28H26N6O3. The highest BCUT2D eigenvalue weighted by atomic mass is 16.5. The zero-order valence-electron chi connectivity index (χ0n) is 20.4. The Bertz CT molecular complexity index is 1460. The molecule has 0 spiro atoms. The number of hydrogen-bond acceptors (Lipinski definition) is 7. The highest BCUT2D eigenvalue weighted by molar-refractivity contribution is 5.98. The second-order valence-corrected chi connectivity index (χ2v) is 8.88. The van der Waals surface area contributed by atoms with Crippen molar-refractivity contribution in [2.24, 2.45) is 0 Å². The Morgan fingerprint density at radius 2 is 1.89 bits per heavy atom. The molecule has 37 heavy (non-hydrogen) atoms. The molecule has 5 rings (SSSR count). The van der Waals surface area contributed by atoms with E-state index in [9.17, 15) is 10.1 Å². The van der Waals surface area contributed by atoms with E-state index in [0.717, 1.165) is 42.8 Å². The number of amides is 1. The fourth-order valence-electron chi connectivity index (χ4n) is 4.24. The van der Waals surface area contributed by atoms with Gasteiger partial charge in [-0.1, -0.05) is 18.7 Å². The van der Waals surface area contributed by atoms with E-state index in [1.165, 1.54) is 18.5 Å². The maximum Gasteiger partial charge on any atom is 0.248 e. The predicted molar refractivity (Wildman–Crippen MR) is 140 cm³/mol. The van der Waals surface area contributed by atoms with Crippen molar-refractivity contribution < 1.29 is 14.3 Å². The van der Waals surface area contributed by atoms with Crippen molar-refractivity contribution in [2.75, 3.05) is 25.5 Å². The molecule has 4 aromatic rings. The quantitative estimate of drug-likeness (QED) is 0.373. The smallest absolute Gasteiger partial charge is 0.248 e. The van der Waals surface area contributed by atoms with Crippen molar-refractivity contribution in [2.45, 2.75) is 18.9 Å². The lowest BCUT2D eigenvalue weighted by atomic mass is 10.1. The summed E-state index contributed by atoms with van der Waals surface area (Å²) in [7, 11) is 2.13. The van der Waals surface area contributed by atoms with Crippen LogP contribution in [0.2, 0.25) is 0 Å². The van der Waals surface area contributed by atoms with Crippen molar-refractivity contribution in [1.29, 1.82) is 5.26 Å². The minimum absolute atomic E-state index is 0.233. The molecule has 0 radical (unpaired) electrons. The molecule has 1 aromatic carbocycles. The molecule has 1 aliphatic heterocycles. The second kappa shape index (κ2) is 10.5. The number of nitrogens with one attached hydrogen (secondary N) is 1. The minimum atomic E-state index is -0.351. The van der Waals surface area contributed by atoms with E-state index in [-0.39, 0.29) is 12.0 Å². The summed E-state index contributed by atoms with van der Waals surface area (Å²) in [5, 5.41) is 16.5. The van der Waals surface area contributed by atoms with Gasteiger partial charge < -0.3 is 19.7 Å². The summed E-state index contributed by atoms with van der Waals surface area (Å²) in [6, 6.07) is 15.3. The van der Waals surface area contributed by atoms with E-state index < -0.39 is 0 Å². The van der Waals surface area contributed by atoms with E-state index in [2.05, 4.69) is 40.0 Å². The molecule has 9 nitrogen and oxygen atoms in total. The number of rotatable bonds is 7. The van der Waals surface area contributed by atoms with Crippen LogP contribution in [-0.2, 0) is 4.79 Å². The largest absolute Gasteiger partial charge is 0.490 e. The second-order valence-electron chi connectivity index (χ2n) is 8.88. The van der Waals surface area contributed by atoms with Gasteiger partial charge in [-0.05, 0) is 61.9 Å². The number of nitrogens with zero attached hydrogens (tertiary/aromatic N) is 5. The summed E-state index contributed by atoms with van der Waals surface area (Å²) >= 11 is 0. The summed E-state index contributed by atoms with van der Waals surface area (Å²) in [5.41, 5.74) is 2.77. The Balaban J connectivity index is 1.40. The Morgan fingerprint density at radius 1 is 1.14 bits per heavy atom. The molecule has 186 valence electrons. The molecule has 0 unspecified atom stereocenters. The molecule has 9 heteroatoms. The Morgan fingerprint density at radius 3 is 2.57 bits per heavy atom. The number of pyridine rings is 2. The lowest BCUT2D eigenvalue weighted by molar-refractivity contribution is -0.111. The summed E-state index contributed by atoms with van der Waals surface area (Å²) in [5.74, 6) is 1.78. The molecule has 0 bridgehead atoms. The van der Waals surface area contributed by atoms with E-state index in [4.69, 9.17) is 9.47 Å². The van der Waals surface area contributed by atoms with Gasteiger partial charge in [0.05, 0.1) is 12.4 Å². The monoisotopic (exact) mass is 494 g/mol. The van der Waals surface area contributed by atoms with E-state index >= 15 is 0 Å². The third kappa shape index (κ3) is 5.44. The van der Waals surface area contributed by atoms with Gasteiger partial charge in [-0.2, -0.15) is 10.4 Å². The molecule has 1 fully saturated rings. The summed E-state index contributed by atoms with van der Waals surface area (Å²) < 4.78 is 14.0. The first kappa shape index (κ1) is 24.0. The average Bonchev–Trinajstić information content (AvgIpc) is 3.35. The number of benzene rings is 1. The zero-order valence-corrected chi connectivity index (χ0v) is 20.4. The molecular weight excluding hydrogens is 468 g/mol. The normalized spacial score (nSPS) is 14.2. The van der Waals surface area contributed by atoms with Gasteiger partial charge in [0, 0.05) is 24.8 Å². The van der Waals surface area contributed by atoms with Crippen LogP contribution in [0.4, 0.5) is 5.82 Å². The molecule has 1 N–H and O–H groups in total. The van der Waals surface area contributed by atoms with Crippen LogP contribution in [0.15, 0.2) is 73.7 Å². The number of aromatic nitrogens is 3. The number of nitriles is 1. The number of piperidine rings is 1. The number of ether oxygens (including phenoxy) is 2. The van der Waals surface area contributed by atoms with Gasteiger partial charge in [-0.3, -0.25) is 4.79 Å². The molecule has 0 saturated carbocycles. The van der Waals surface area contributed by atoms with E-state index in [1.54, 1.807) is 16.6 Å². The highest BCUT2D eigenvalue weighted by Gasteiger charge is 2.18. The van der Waals surface area contributed by atoms with Crippen LogP contribution in [0, 0.1) is 11.3 Å². The van der Waals surface area contributed by atoms with Crippen LogP contribution < -0.4 is 14.8 Å². The number of anilines is 1. The van der Waals surface area contributed by atoms with Crippen LogP contribution in [-0.4, -0.2) is 51.6 Å². The first-order chi connectivity index (χ1) is 18.0. The molecule has 1 aliphatic rings. The summed E-state index contributed by atoms with van der Waals surface area (Å²) in [6.45, 7) is 5.52.